The first-order valence-corrected chi connectivity index (χ1v) is 7.06. The first-order chi connectivity index (χ1) is 8.06. The van der Waals surface area contributed by atoms with Crippen LogP contribution in [-0.2, 0) is 4.79 Å². The van der Waals surface area contributed by atoms with Gasteiger partial charge in [0.15, 0.2) is 0 Å². The van der Waals surface area contributed by atoms with Gasteiger partial charge in [-0.1, -0.05) is 13.8 Å². The van der Waals surface area contributed by atoms with Crippen LogP contribution in [0.3, 0.4) is 0 Å². The lowest BCUT2D eigenvalue weighted by atomic mass is 9.63. The highest BCUT2D eigenvalue weighted by Crippen LogP contribution is 2.50. The summed E-state index contributed by atoms with van der Waals surface area (Å²) in [6.45, 7) is 4.09. The molecule has 0 aromatic rings. The monoisotopic (exact) mass is 237 g/mol. The van der Waals surface area contributed by atoms with Gasteiger partial charge in [-0.25, -0.2) is 0 Å². The number of hydrogen-bond donors (Lipinski definition) is 1. The summed E-state index contributed by atoms with van der Waals surface area (Å²) in [4.78, 5) is 13.9. The van der Waals surface area contributed by atoms with Crippen molar-refractivity contribution in [1.82, 2.24) is 4.90 Å². The van der Waals surface area contributed by atoms with Crippen molar-refractivity contribution in [3.05, 3.63) is 0 Å². The van der Waals surface area contributed by atoms with Crippen molar-refractivity contribution >= 4 is 5.97 Å². The minimum absolute atomic E-state index is 0.213. The van der Waals surface area contributed by atoms with E-state index in [4.69, 9.17) is 0 Å². The Bertz CT molecular complexity index is 298. The van der Waals surface area contributed by atoms with Crippen LogP contribution in [0.15, 0.2) is 0 Å². The van der Waals surface area contributed by atoms with Crippen LogP contribution in [0.25, 0.3) is 0 Å². The van der Waals surface area contributed by atoms with Gasteiger partial charge >= 0.3 is 5.97 Å². The summed E-state index contributed by atoms with van der Waals surface area (Å²) in [5, 5.41) is 9.49. The quantitative estimate of drug-likeness (QED) is 0.819. The minimum Gasteiger partial charge on any atom is -0.480 e. The van der Waals surface area contributed by atoms with Crippen LogP contribution < -0.4 is 0 Å². The molecule has 2 aliphatic heterocycles. The first kappa shape index (κ1) is 11.5. The lowest BCUT2D eigenvalue weighted by molar-refractivity contribution is -0.157. The summed E-state index contributed by atoms with van der Waals surface area (Å²) in [5.41, 5.74) is 0. The lowest BCUT2D eigenvalue weighted by Gasteiger charge is -2.58. The molecule has 2 heterocycles. The number of aliphatic carboxylic acids is 1. The van der Waals surface area contributed by atoms with E-state index in [0.717, 1.165) is 11.8 Å². The van der Waals surface area contributed by atoms with Crippen molar-refractivity contribution in [3.63, 3.8) is 0 Å². The van der Waals surface area contributed by atoms with Crippen LogP contribution in [0, 0.1) is 17.8 Å². The fourth-order valence-corrected chi connectivity index (χ4v) is 4.78. The van der Waals surface area contributed by atoms with Gasteiger partial charge < -0.3 is 5.11 Å². The molecule has 0 aromatic carbocycles. The van der Waals surface area contributed by atoms with Gasteiger partial charge in [-0.2, -0.15) is 0 Å². The Morgan fingerprint density at radius 1 is 1.06 bits per heavy atom. The van der Waals surface area contributed by atoms with Crippen molar-refractivity contribution in [1.29, 1.82) is 0 Å². The van der Waals surface area contributed by atoms with Gasteiger partial charge in [0, 0.05) is 12.1 Å². The summed E-state index contributed by atoms with van der Waals surface area (Å²) < 4.78 is 0. The van der Waals surface area contributed by atoms with Crippen LogP contribution >= 0.6 is 0 Å². The van der Waals surface area contributed by atoms with Crippen LogP contribution in [0.1, 0.15) is 46.0 Å². The zero-order valence-corrected chi connectivity index (χ0v) is 10.8. The Hall–Kier alpha value is -0.570. The van der Waals surface area contributed by atoms with Crippen LogP contribution in [0.4, 0.5) is 0 Å². The zero-order chi connectivity index (χ0) is 12.2. The van der Waals surface area contributed by atoms with E-state index in [1.807, 2.05) is 13.8 Å². The van der Waals surface area contributed by atoms with Crippen molar-refractivity contribution < 1.29 is 9.90 Å². The van der Waals surface area contributed by atoms with Crippen LogP contribution in [0.5, 0.6) is 0 Å². The predicted molar refractivity (Wildman–Crippen MR) is 65.7 cm³/mol. The van der Waals surface area contributed by atoms with E-state index in [0.29, 0.717) is 12.1 Å². The number of carbonyl (C=O) groups is 1. The third-order valence-corrected chi connectivity index (χ3v) is 5.14. The molecule has 17 heavy (non-hydrogen) atoms. The molecule has 2 saturated carbocycles. The summed E-state index contributed by atoms with van der Waals surface area (Å²) in [7, 11) is 0. The number of carboxylic acid groups (broad SMARTS) is 1. The maximum absolute atomic E-state index is 11.5. The molecular weight excluding hydrogens is 214 g/mol. The van der Waals surface area contributed by atoms with E-state index in [9.17, 15) is 9.90 Å². The Kier molecular flexibility index (Phi) is 2.69. The Morgan fingerprint density at radius 2 is 1.53 bits per heavy atom. The Labute approximate surface area is 103 Å². The molecule has 3 heteroatoms. The molecule has 4 aliphatic rings. The fraction of sp³-hybridized carbons (Fsp3) is 0.929. The van der Waals surface area contributed by atoms with Crippen LogP contribution in [0.2, 0.25) is 0 Å². The average Bonchev–Trinajstić information content (AvgIpc) is 2.20. The van der Waals surface area contributed by atoms with E-state index in [1.165, 1.54) is 32.1 Å². The predicted octanol–water partition coefficient (Wildman–Crippen LogP) is 2.36. The van der Waals surface area contributed by atoms with Gasteiger partial charge in [0.05, 0.1) is 0 Å². The second-order valence-corrected chi connectivity index (χ2v) is 6.69. The summed E-state index contributed by atoms with van der Waals surface area (Å²) >= 11 is 0. The van der Waals surface area contributed by atoms with Gasteiger partial charge in [-0.05, 0) is 49.9 Å². The molecular formula is C14H23NO2. The van der Waals surface area contributed by atoms with Gasteiger partial charge in [0.1, 0.15) is 6.04 Å². The third-order valence-electron chi connectivity index (χ3n) is 5.14. The number of nitrogens with zero attached hydrogens (tertiary/aromatic N) is 1. The van der Waals surface area contributed by atoms with E-state index in [2.05, 4.69) is 4.90 Å². The largest absolute Gasteiger partial charge is 0.480 e. The standard InChI is InChI=1S/C14H23NO2/c1-8(2)13(14(16)17)15-11-4-9-3-10(6-11)7-12(15)5-9/h8-13H,3-7H2,1-2H3,(H,16,17). The molecule has 4 rings (SSSR count). The molecule has 0 radical (unpaired) electrons. The Morgan fingerprint density at radius 3 is 1.88 bits per heavy atom. The molecule has 2 aliphatic carbocycles. The number of rotatable bonds is 3. The highest BCUT2D eigenvalue weighted by Gasteiger charge is 2.50. The minimum atomic E-state index is -0.618. The van der Waals surface area contributed by atoms with Crippen LogP contribution in [-0.4, -0.2) is 34.1 Å². The zero-order valence-electron chi connectivity index (χ0n) is 10.8. The van der Waals surface area contributed by atoms with E-state index in [-0.39, 0.29) is 12.0 Å². The molecule has 4 bridgehead atoms. The highest BCUT2D eigenvalue weighted by atomic mass is 16.4. The van der Waals surface area contributed by atoms with E-state index in [1.54, 1.807) is 0 Å². The molecule has 96 valence electrons. The average molecular weight is 237 g/mol. The van der Waals surface area contributed by atoms with Gasteiger partial charge in [-0.15, -0.1) is 0 Å². The van der Waals surface area contributed by atoms with Crippen molar-refractivity contribution in [2.75, 3.05) is 0 Å². The maximum atomic E-state index is 11.5. The summed E-state index contributed by atoms with van der Waals surface area (Å²) in [6.07, 6.45) is 6.43. The molecule has 3 nitrogen and oxygen atoms in total. The molecule has 0 aromatic heterocycles. The van der Waals surface area contributed by atoms with E-state index >= 15 is 0 Å². The van der Waals surface area contributed by atoms with Gasteiger partial charge in [0.2, 0.25) is 0 Å². The first-order valence-electron chi connectivity index (χ1n) is 7.06. The Balaban J connectivity index is 1.85. The topological polar surface area (TPSA) is 40.5 Å². The van der Waals surface area contributed by atoms with Crippen molar-refractivity contribution in [2.24, 2.45) is 17.8 Å². The second kappa shape index (κ2) is 3.98. The summed E-state index contributed by atoms with van der Waals surface area (Å²) in [6, 6.07) is 0.870. The highest BCUT2D eigenvalue weighted by molar-refractivity contribution is 5.74. The van der Waals surface area contributed by atoms with Gasteiger partial charge in [0.25, 0.3) is 0 Å². The van der Waals surface area contributed by atoms with Crippen molar-refractivity contribution in [3.8, 4) is 0 Å². The lowest BCUT2D eigenvalue weighted by Crippen LogP contribution is -2.63. The SMILES string of the molecule is CC(C)C(C(=O)O)N1C2CC3CC(C2)CC1C3. The van der Waals surface area contributed by atoms with Crippen molar-refractivity contribution in [2.45, 2.75) is 64.1 Å². The normalized spacial score (nSPS) is 42.1. The fourth-order valence-electron chi connectivity index (χ4n) is 4.78. The van der Waals surface area contributed by atoms with E-state index < -0.39 is 5.97 Å². The second-order valence-electron chi connectivity index (χ2n) is 6.69. The molecule has 1 atom stereocenters. The molecule has 2 saturated heterocycles. The molecule has 0 amide bonds. The molecule has 0 spiro atoms. The summed E-state index contributed by atoms with van der Waals surface area (Å²) in [5.74, 6) is 1.39. The van der Waals surface area contributed by atoms with Gasteiger partial charge in [-0.3, -0.25) is 9.69 Å². The third kappa shape index (κ3) is 1.79. The smallest absolute Gasteiger partial charge is 0.321 e. The molecule has 1 unspecified atom stereocenters. The number of hydrogen-bond acceptors (Lipinski definition) is 2. The molecule has 4 fully saturated rings. The number of piperidine rings is 2. The molecule has 1 N–H and O–H groups in total. The maximum Gasteiger partial charge on any atom is 0.321 e. The number of carboxylic acids is 1.